The first-order valence-corrected chi connectivity index (χ1v) is 15.8. The molecule has 6 aromatic carbocycles. The molecule has 0 atom stereocenters. The van der Waals surface area contributed by atoms with Crippen LogP contribution >= 0.6 is 15.8 Å². The van der Waals surface area contributed by atoms with Crippen LogP contribution in [-0.4, -0.2) is 6.79 Å². The Morgan fingerprint density at radius 2 is 0.405 bits per heavy atom. The third kappa shape index (κ3) is 9.80. The molecule has 0 saturated heterocycles. The minimum atomic E-state index is -0.446. The van der Waals surface area contributed by atoms with Crippen LogP contribution in [-0.2, 0) is 24.9 Å². The molecule has 0 amide bonds. The van der Waals surface area contributed by atoms with Crippen LogP contribution in [0.1, 0.15) is 0 Å². The monoisotopic (exact) mass is 762 g/mol. The molecule has 6 rings (SSSR count). The average Bonchev–Trinajstić information content (AvgIpc) is 3.06. The Kier molecular flexibility index (Phi) is 16.2. The molecule has 0 saturated carbocycles. The van der Waals surface area contributed by atoms with Crippen molar-refractivity contribution in [1.29, 1.82) is 0 Å². The molecular formula is C38H35IrOP2-. The van der Waals surface area contributed by atoms with Crippen molar-refractivity contribution in [2.45, 2.75) is 0 Å². The van der Waals surface area contributed by atoms with E-state index in [-0.39, 0.29) is 27.5 Å². The SMILES string of the molecule is C=O.[CH3-].[Ir].c1ccc(P(c2ccccc2)c2ccccc2)cc1.c1ccc(P(c2ccccc2)c2ccccc2)cc1. The Labute approximate surface area is 267 Å². The van der Waals surface area contributed by atoms with E-state index in [1.165, 1.54) is 31.8 Å². The molecule has 0 fully saturated rings. The molecule has 0 aliphatic heterocycles. The summed E-state index contributed by atoms with van der Waals surface area (Å²) in [6, 6.07) is 64.7. The third-order valence-electron chi connectivity index (χ3n) is 6.09. The van der Waals surface area contributed by atoms with Crippen molar-refractivity contribution in [3.05, 3.63) is 189 Å². The molecule has 6 aromatic rings. The van der Waals surface area contributed by atoms with E-state index in [4.69, 9.17) is 4.79 Å². The standard InChI is InChI=1S/2C18H15P.CH2O.CH3.Ir/c2*1-4-10-16(11-5-1)19(17-12-6-2-7-13-17)18-14-8-3-9-15-18;1-2;;/h2*1-15H;1H2;1H3;/q;;;-1;. The van der Waals surface area contributed by atoms with Gasteiger partial charge in [0.1, 0.15) is 6.79 Å². The predicted molar refractivity (Wildman–Crippen MR) is 184 cm³/mol. The van der Waals surface area contributed by atoms with Crippen molar-refractivity contribution in [3.63, 3.8) is 0 Å². The Balaban J connectivity index is 0.000000265. The first kappa shape index (κ1) is 34.7. The van der Waals surface area contributed by atoms with E-state index in [0.29, 0.717) is 0 Å². The van der Waals surface area contributed by atoms with Crippen molar-refractivity contribution in [2.24, 2.45) is 0 Å². The van der Waals surface area contributed by atoms with Gasteiger partial charge in [0, 0.05) is 20.1 Å². The fraction of sp³-hybridized carbons (Fsp3) is 0. The van der Waals surface area contributed by atoms with Crippen LogP contribution in [0, 0.1) is 7.43 Å². The smallest absolute Gasteiger partial charge is 0.106 e. The van der Waals surface area contributed by atoms with Crippen molar-refractivity contribution in [1.82, 2.24) is 0 Å². The van der Waals surface area contributed by atoms with Gasteiger partial charge in [0.2, 0.25) is 0 Å². The fourth-order valence-corrected chi connectivity index (χ4v) is 8.97. The van der Waals surface area contributed by atoms with E-state index < -0.39 is 15.8 Å². The van der Waals surface area contributed by atoms with Gasteiger partial charge in [0.25, 0.3) is 0 Å². The molecule has 0 aliphatic carbocycles. The van der Waals surface area contributed by atoms with Gasteiger partial charge >= 0.3 is 0 Å². The van der Waals surface area contributed by atoms with Gasteiger partial charge in [0.15, 0.2) is 0 Å². The van der Waals surface area contributed by atoms with Crippen LogP contribution < -0.4 is 31.8 Å². The molecule has 0 spiro atoms. The van der Waals surface area contributed by atoms with Crippen LogP contribution in [0.4, 0.5) is 0 Å². The molecule has 213 valence electrons. The number of carbonyl (C=O) groups excluding carboxylic acids is 1. The maximum atomic E-state index is 8.00. The average molecular weight is 762 g/mol. The molecule has 0 N–H and O–H groups in total. The number of benzene rings is 6. The van der Waals surface area contributed by atoms with Gasteiger partial charge in [-0.2, -0.15) is 0 Å². The van der Waals surface area contributed by atoms with Gasteiger partial charge in [-0.25, -0.2) is 0 Å². The maximum absolute atomic E-state index is 8.00. The quantitative estimate of drug-likeness (QED) is 0.130. The molecule has 0 aromatic heterocycles. The topological polar surface area (TPSA) is 17.1 Å². The largest absolute Gasteiger partial charge is 0.358 e. The normalized spacial score (nSPS) is 9.67. The molecule has 1 nitrogen and oxygen atoms in total. The van der Waals surface area contributed by atoms with E-state index in [1.54, 1.807) is 0 Å². The summed E-state index contributed by atoms with van der Waals surface area (Å²) in [6.07, 6.45) is 0. The van der Waals surface area contributed by atoms with E-state index in [2.05, 4.69) is 182 Å². The summed E-state index contributed by atoms with van der Waals surface area (Å²) >= 11 is 0. The number of hydrogen-bond acceptors (Lipinski definition) is 1. The summed E-state index contributed by atoms with van der Waals surface area (Å²) in [7, 11) is -0.892. The molecule has 0 bridgehead atoms. The van der Waals surface area contributed by atoms with Crippen LogP contribution in [0.2, 0.25) is 0 Å². The Morgan fingerprint density at radius 1 is 0.286 bits per heavy atom. The van der Waals surface area contributed by atoms with Crippen molar-refractivity contribution in [3.8, 4) is 0 Å². The van der Waals surface area contributed by atoms with Crippen molar-refractivity contribution < 1.29 is 24.9 Å². The third-order valence-corrected chi connectivity index (χ3v) is 11.0. The maximum Gasteiger partial charge on any atom is 0.106 e. The summed E-state index contributed by atoms with van der Waals surface area (Å²) in [5.41, 5.74) is 0. The molecule has 42 heavy (non-hydrogen) atoms. The van der Waals surface area contributed by atoms with Gasteiger partial charge in [-0.3, -0.25) is 0 Å². The van der Waals surface area contributed by atoms with E-state index in [9.17, 15) is 0 Å². The molecule has 0 unspecified atom stereocenters. The zero-order valence-corrected chi connectivity index (χ0v) is 27.8. The van der Waals surface area contributed by atoms with Gasteiger partial charge in [-0.15, -0.1) is 0 Å². The Hall–Kier alpha value is -3.50. The first-order chi connectivity index (χ1) is 19.9. The second kappa shape index (κ2) is 19.6. The van der Waals surface area contributed by atoms with Gasteiger partial charge in [-0.1, -0.05) is 182 Å². The minimum Gasteiger partial charge on any atom is -0.358 e. The van der Waals surface area contributed by atoms with E-state index >= 15 is 0 Å². The van der Waals surface area contributed by atoms with E-state index in [0.717, 1.165) is 0 Å². The summed E-state index contributed by atoms with van der Waals surface area (Å²) in [5.74, 6) is 0. The van der Waals surface area contributed by atoms with Crippen molar-refractivity contribution in [2.75, 3.05) is 0 Å². The van der Waals surface area contributed by atoms with Crippen LogP contribution in [0.25, 0.3) is 0 Å². The number of hydrogen-bond donors (Lipinski definition) is 0. The summed E-state index contributed by atoms with van der Waals surface area (Å²) in [5, 5.41) is 8.39. The molecule has 1 radical (unpaired) electrons. The predicted octanol–water partition coefficient (Wildman–Crippen LogP) is 7.15. The zero-order valence-electron chi connectivity index (χ0n) is 23.7. The molecular weight excluding hydrogens is 727 g/mol. The number of rotatable bonds is 6. The van der Waals surface area contributed by atoms with Crippen LogP contribution in [0.15, 0.2) is 182 Å². The first-order valence-electron chi connectivity index (χ1n) is 13.1. The fourth-order valence-electron chi connectivity index (χ4n) is 4.36. The van der Waals surface area contributed by atoms with Gasteiger partial charge in [0.05, 0.1) is 0 Å². The second-order valence-corrected chi connectivity index (χ2v) is 13.1. The Morgan fingerprint density at radius 3 is 0.524 bits per heavy atom. The minimum absolute atomic E-state index is 0. The van der Waals surface area contributed by atoms with Crippen molar-refractivity contribution >= 4 is 54.5 Å². The zero-order chi connectivity index (χ0) is 27.8. The number of carbonyl (C=O) groups is 1. The summed E-state index contributed by atoms with van der Waals surface area (Å²) < 4.78 is 0. The summed E-state index contributed by atoms with van der Waals surface area (Å²) in [6.45, 7) is 2.00. The molecule has 0 aliphatic rings. The molecule has 0 heterocycles. The summed E-state index contributed by atoms with van der Waals surface area (Å²) in [4.78, 5) is 8.00. The second-order valence-electron chi connectivity index (χ2n) is 8.68. The van der Waals surface area contributed by atoms with Gasteiger partial charge in [-0.05, 0) is 47.7 Å². The van der Waals surface area contributed by atoms with Crippen LogP contribution in [0.3, 0.4) is 0 Å². The van der Waals surface area contributed by atoms with E-state index in [1.807, 2.05) is 6.79 Å². The van der Waals surface area contributed by atoms with Gasteiger partial charge < -0.3 is 12.2 Å². The molecule has 4 heteroatoms. The Bertz CT molecular complexity index is 1200. The van der Waals surface area contributed by atoms with Crippen LogP contribution in [0.5, 0.6) is 0 Å².